The minimum atomic E-state index is -5.34. The minimum Gasteiger partial charge on any atom is -0.196 e. The van der Waals surface area contributed by atoms with Gasteiger partial charge in [0.05, 0.1) is 0 Å². The predicted molar refractivity (Wildman–Crippen MR) is 28.8 cm³/mol. The first-order valence-corrected chi connectivity index (χ1v) is 5.27. The summed E-state index contributed by atoms with van der Waals surface area (Å²) in [5.41, 5.74) is 0. The van der Waals surface area contributed by atoms with Gasteiger partial charge in [0.25, 0.3) is 0 Å². The summed E-state index contributed by atoms with van der Waals surface area (Å²) >= 11 is 0. The number of halogens is 3. The summed E-state index contributed by atoms with van der Waals surface area (Å²) in [6.45, 7) is 0. The van der Waals surface area contributed by atoms with Crippen LogP contribution in [0.5, 0.6) is 0 Å². The van der Waals surface area contributed by atoms with Gasteiger partial charge in [-0.2, -0.15) is 30.0 Å². The van der Waals surface area contributed by atoms with Crippen LogP contribution in [-0.2, 0) is 23.9 Å². The monoisotopic (exact) mass is 226 g/mol. The Morgan fingerprint density at radius 1 is 1.00 bits per heavy atom. The van der Waals surface area contributed by atoms with Crippen molar-refractivity contribution in [3.05, 3.63) is 0 Å². The molecule has 0 saturated carbocycles. The maximum Gasteiger partial charge on any atom is 0.424 e. The molecule has 0 unspecified atom stereocenters. The third-order valence-corrected chi connectivity index (χ3v) is 5.50. The first kappa shape index (κ1) is 9.74. The molecule has 1 aliphatic heterocycles. The fraction of sp³-hybridized carbons (Fsp3) is 1.00. The van der Waals surface area contributed by atoms with Crippen molar-refractivity contribution in [2.45, 2.75) is 10.8 Å². The van der Waals surface area contributed by atoms with E-state index in [1.165, 1.54) is 0 Å². The van der Waals surface area contributed by atoms with Crippen molar-refractivity contribution in [2.24, 2.45) is 0 Å². The van der Waals surface area contributed by atoms with Crippen molar-refractivity contribution >= 4 is 20.2 Å². The Morgan fingerprint density at radius 2 is 1.33 bits per heavy atom. The summed E-state index contributed by atoms with van der Waals surface area (Å²) in [5.74, 6) is 0. The van der Waals surface area contributed by atoms with Gasteiger partial charge in [0.2, 0.25) is 0 Å². The molecule has 5 nitrogen and oxygen atoms in total. The summed E-state index contributed by atoms with van der Waals surface area (Å²) in [7, 11) is -10.0. The van der Waals surface area contributed by atoms with Gasteiger partial charge >= 0.3 is 31.0 Å². The summed E-state index contributed by atoms with van der Waals surface area (Å²) in [4.78, 5) is 0. The van der Waals surface area contributed by atoms with E-state index < -0.39 is 31.0 Å². The molecule has 0 aromatic heterocycles. The molecule has 0 amide bonds. The van der Waals surface area contributed by atoms with E-state index in [1.807, 2.05) is 0 Å². The molecule has 0 aliphatic carbocycles. The molecule has 1 fully saturated rings. The topological polar surface area (TPSA) is 77.5 Å². The van der Waals surface area contributed by atoms with Crippen molar-refractivity contribution in [1.29, 1.82) is 0 Å². The molecular formula is C2HF3O5S2. The first-order valence-electron chi connectivity index (χ1n) is 2.33. The Labute approximate surface area is 65.4 Å². The van der Waals surface area contributed by atoms with Crippen LogP contribution in [0.1, 0.15) is 0 Å². The van der Waals surface area contributed by atoms with Crippen LogP contribution in [0, 0.1) is 0 Å². The highest BCUT2D eigenvalue weighted by molar-refractivity contribution is 8.17. The second-order valence-corrected chi connectivity index (χ2v) is 5.68. The quantitative estimate of drug-likeness (QED) is 0.559. The van der Waals surface area contributed by atoms with E-state index in [4.69, 9.17) is 0 Å². The van der Waals surface area contributed by atoms with E-state index in [-0.39, 0.29) is 0 Å². The molecular weight excluding hydrogens is 225 g/mol. The van der Waals surface area contributed by atoms with Crippen LogP contribution < -0.4 is 0 Å². The molecule has 10 heteroatoms. The highest BCUT2D eigenvalue weighted by Gasteiger charge is 2.68. The van der Waals surface area contributed by atoms with E-state index >= 15 is 0 Å². The number of hydrogen-bond donors (Lipinski definition) is 0. The Morgan fingerprint density at radius 3 is 1.42 bits per heavy atom. The van der Waals surface area contributed by atoms with Crippen LogP contribution >= 0.6 is 0 Å². The fourth-order valence-electron chi connectivity index (χ4n) is 0.644. The molecule has 0 bridgehead atoms. The van der Waals surface area contributed by atoms with Crippen molar-refractivity contribution in [2.75, 3.05) is 0 Å². The lowest BCUT2D eigenvalue weighted by molar-refractivity contribution is -0.119. The average molecular weight is 226 g/mol. The largest absolute Gasteiger partial charge is 0.424 e. The van der Waals surface area contributed by atoms with Gasteiger partial charge in [-0.05, 0) is 0 Å². The fourth-order valence-corrected chi connectivity index (χ4v) is 3.83. The molecule has 12 heavy (non-hydrogen) atoms. The highest BCUT2D eigenvalue weighted by Crippen LogP contribution is 2.39. The second-order valence-electron chi connectivity index (χ2n) is 1.93. The van der Waals surface area contributed by atoms with Gasteiger partial charge in [0.1, 0.15) is 0 Å². The van der Waals surface area contributed by atoms with Gasteiger partial charge in [-0.25, -0.2) is 0 Å². The first-order chi connectivity index (χ1) is 5.07. The van der Waals surface area contributed by atoms with E-state index in [0.29, 0.717) is 0 Å². The third kappa shape index (κ3) is 1.29. The number of rotatable bonds is 0. The van der Waals surface area contributed by atoms with Gasteiger partial charge < -0.3 is 0 Å². The molecule has 0 aromatic rings. The summed E-state index contributed by atoms with van der Waals surface area (Å²) in [6.07, 6.45) is -5.34. The molecule has 0 N–H and O–H groups in total. The van der Waals surface area contributed by atoms with Crippen LogP contribution in [0.4, 0.5) is 13.2 Å². The van der Waals surface area contributed by atoms with Crippen LogP contribution in [0.2, 0.25) is 0 Å². The molecule has 72 valence electrons. The van der Waals surface area contributed by atoms with Crippen molar-refractivity contribution in [3.63, 3.8) is 0 Å². The Balaban J connectivity index is 3.21. The molecule has 1 rings (SSSR count). The van der Waals surface area contributed by atoms with E-state index in [1.54, 1.807) is 0 Å². The molecule has 0 atom stereocenters. The lowest BCUT2D eigenvalue weighted by Gasteiger charge is -2.25. The predicted octanol–water partition coefficient (Wildman–Crippen LogP) is -0.435. The van der Waals surface area contributed by atoms with Crippen molar-refractivity contribution < 1.29 is 33.6 Å². The summed E-state index contributed by atoms with van der Waals surface area (Å²) < 4.78 is 75.3. The smallest absolute Gasteiger partial charge is 0.196 e. The zero-order chi connectivity index (χ0) is 9.78. The van der Waals surface area contributed by atoms with Gasteiger partial charge in [0.15, 0.2) is 0 Å². The molecule has 0 spiro atoms. The maximum absolute atomic E-state index is 11.7. The Kier molecular flexibility index (Phi) is 1.72. The zero-order valence-electron chi connectivity index (χ0n) is 5.07. The van der Waals surface area contributed by atoms with E-state index in [0.717, 1.165) is 0 Å². The molecule has 0 aromatic carbocycles. The molecule has 1 aliphatic rings. The van der Waals surface area contributed by atoms with Gasteiger partial charge in [-0.15, -0.1) is 3.63 Å². The standard InChI is InChI=1S/C2HF3O5S2/c3-2(4,5)1-11(6,7)10-12(1,8)9/h1H. The molecule has 0 radical (unpaired) electrons. The van der Waals surface area contributed by atoms with Crippen LogP contribution in [0.3, 0.4) is 0 Å². The molecule has 1 saturated heterocycles. The Hall–Kier alpha value is -0.350. The van der Waals surface area contributed by atoms with Crippen LogP contribution in [-0.4, -0.2) is 27.6 Å². The average Bonchev–Trinajstić information content (AvgIpc) is 1.48. The van der Waals surface area contributed by atoms with Crippen LogP contribution in [0.15, 0.2) is 0 Å². The summed E-state index contributed by atoms with van der Waals surface area (Å²) in [5, 5.41) is 0. The van der Waals surface area contributed by atoms with Gasteiger partial charge in [-0.3, -0.25) is 0 Å². The number of alkyl halides is 3. The van der Waals surface area contributed by atoms with Gasteiger partial charge in [0, 0.05) is 0 Å². The normalized spacial score (nSPS) is 27.9. The van der Waals surface area contributed by atoms with Crippen molar-refractivity contribution in [1.82, 2.24) is 0 Å². The Bertz CT molecular complexity index is 355. The number of hydrogen-bond acceptors (Lipinski definition) is 5. The maximum atomic E-state index is 11.7. The van der Waals surface area contributed by atoms with E-state index in [9.17, 15) is 30.0 Å². The molecule has 1 heterocycles. The zero-order valence-corrected chi connectivity index (χ0v) is 6.70. The van der Waals surface area contributed by atoms with Crippen LogP contribution in [0.25, 0.3) is 0 Å². The van der Waals surface area contributed by atoms with Gasteiger partial charge in [-0.1, -0.05) is 0 Å². The summed E-state index contributed by atoms with van der Waals surface area (Å²) in [6, 6.07) is 0. The lowest BCUT2D eigenvalue weighted by Crippen LogP contribution is -2.54. The highest BCUT2D eigenvalue weighted by atomic mass is 32.4. The second kappa shape index (κ2) is 2.12. The van der Waals surface area contributed by atoms with E-state index in [2.05, 4.69) is 3.63 Å². The third-order valence-electron chi connectivity index (χ3n) is 0.981. The van der Waals surface area contributed by atoms with Crippen molar-refractivity contribution in [3.8, 4) is 0 Å². The SMILES string of the molecule is O=S1(=O)OS(=O)(=O)C1C(F)(F)F. The minimum absolute atomic E-state index is 3.08. The lowest BCUT2D eigenvalue weighted by atomic mass is 10.8.